The van der Waals surface area contributed by atoms with Gasteiger partial charge < -0.3 is 15.5 Å². The van der Waals surface area contributed by atoms with Crippen molar-refractivity contribution in [3.63, 3.8) is 0 Å². The quantitative estimate of drug-likeness (QED) is 0.306. The Balaban J connectivity index is 0.00000385. The predicted molar refractivity (Wildman–Crippen MR) is 145 cm³/mol. The Kier molecular flexibility index (Phi) is 10.6. The summed E-state index contributed by atoms with van der Waals surface area (Å²) in [5, 5.41) is 11.6. The van der Waals surface area contributed by atoms with Crippen LogP contribution in [-0.2, 0) is 11.3 Å². The molecule has 8 nitrogen and oxygen atoms in total. The minimum atomic E-state index is 0. The molecular weight excluding hydrogens is 529 g/mol. The van der Waals surface area contributed by atoms with E-state index in [-0.39, 0.29) is 29.9 Å². The standard InChI is InChI=1S/C24H37N7O.HI/c1-6-25-24(27-21-11-13-30(14-12-21)17-23(32)29(4)5)26-16-20-9-7-8-10-22(20)31-19(3)15-18(2)28-31;/h7-10,15,21H,6,11-14,16-17H2,1-5H3,(H2,25,26,27);1H. The molecule has 0 saturated carbocycles. The summed E-state index contributed by atoms with van der Waals surface area (Å²) in [6.45, 7) is 9.87. The number of hydrogen-bond acceptors (Lipinski definition) is 4. The Morgan fingerprint density at radius 2 is 1.91 bits per heavy atom. The number of halogens is 1. The number of piperidine rings is 1. The van der Waals surface area contributed by atoms with Crippen LogP contribution in [0.25, 0.3) is 5.69 Å². The van der Waals surface area contributed by atoms with Crippen molar-refractivity contribution in [1.82, 2.24) is 30.2 Å². The number of para-hydroxylation sites is 1. The number of nitrogens with one attached hydrogen (secondary N) is 2. The number of likely N-dealkylation sites (tertiary alicyclic amines) is 1. The van der Waals surface area contributed by atoms with Gasteiger partial charge in [-0.3, -0.25) is 9.69 Å². The first kappa shape index (κ1) is 27.1. The molecule has 0 radical (unpaired) electrons. The molecule has 1 saturated heterocycles. The smallest absolute Gasteiger partial charge is 0.236 e. The maximum atomic E-state index is 12.0. The van der Waals surface area contributed by atoms with E-state index in [0.717, 1.165) is 61.1 Å². The van der Waals surface area contributed by atoms with E-state index in [4.69, 9.17) is 4.99 Å². The molecule has 2 N–H and O–H groups in total. The summed E-state index contributed by atoms with van der Waals surface area (Å²) in [7, 11) is 3.62. The molecule has 2 aromatic rings. The van der Waals surface area contributed by atoms with E-state index in [9.17, 15) is 4.79 Å². The van der Waals surface area contributed by atoms with Gasteiger partial charge in [-0.25, -0.2) is 9.67 Å². The van der Waals surface area contributed by atoms with E-state index in [1.165, 1.54) is 0 Å². The molecule has 1 aromatic carbocycles. The molecule has 0 bridgehead atoms. The van der Waals surface area contributed by atoms with E-state index in [0.29, 0.717) is 19.1 Å². The number of carbonyl (C=O) groups is 1. The summed E-state index contributed by atoms with van der Waals surface area (Å²) in [5.41, 5.74) is 4.32. The van der Waals surface area contributed by atoms with Gasteiger partial charge in [-0.1, -0.05) is 18.2 Å². The molecule has 1 fully saturated rings. The number of rotatable bonds is 7. The second-order valence-corrected chi connectivity index (χ2v) is 8.65. The van der Waals surface area contributed by atoms with Crippen LogP contribution in [0.15, 0.2) is 35.3 Å². The van der Waals surface area contributed by atoms with Crippen LogP contribution in [0.4, 0.5) is 0 Å². The number of amides is 1. The van der Waals surface area contributed by atoms with Gasteiger partial charge in [0.15, 0.2) is 5.96 Å². The van der Waals surface area contributed by atoms with Crippen LogP contribution in [0.5, 0.6) is 0 Å². The first-order valence-electron chi connectivity index (χ1n) is 11.5. The molecule has 33 heavy (non-hydrogen) atoms. The van der Waals surface area contributed by atoms with Gasteiger partial charge in [0.2, 0.25) is 5.91 Å². The molecule has 182 valence electrons. The second-order valence-electron chi connectivity index (χ2n) is 8.65. The number of carbonyl (C=O) groups excluding carboxylic acids is 1. The monoisotopic (exact) mass is 567 g/mol. The highest BCUT2D eigenvalue weighted by Crippen LogP contribution is 2.18. The van der Waals surface area contributed by atoms with E-state index in [1.807, 2.05) is 37.8 Å². The SMILES string of the molecule is CCNC(=NCc1ccccc1-n1nc(C)cc1C)NC1CCN(CC(=O)N(C)C)CC1.I. The average Bonchev–Trinajstić information content (AvgIpc) is 3.11. The maximum Gasteiger partial charge on any atom is 0.236 e. The topological polar surface area (TPSA) is 77.8 Å². The Morgan fingerprint density at radius 1 is 1.21 bits per heavy atom. The molecule has 0 atom stereocenters. The second kappa shape index (κ2) is 12.9. The molecule has 0 aliphatic carbocycles. The zero-order chi connectivity index (χ0) is 23.1. The minimum absolute atomic E-state index is 0. The first-order valence-corrected chi connectivity index (χ1v) is 11.5. The van der Waals surface area contributed by atoms with Crippen LogP contribution in [0, 0.1) is 13.8 Å². The third-order valence-electron chi connectivity index (χ3n) is 5.77. The summed E-state index contributed by atoms with van der Waals surface area (Å²) >= 11 is 0. The Labute approximate surface area is 214 Å². The molecule has 1 amide bonds. The van der Waals surface area contributed by atoms with E-state index >= 15 is 0 Å². The lowest BCUT2D eigenvalue weighted by Gasteiger charge is -2.33. The normalized spacial score (nSPS) is 15.1. The lowest BCUT2D eigenvalue weighted by atomic mass is 10.1. The van der Waals surface area contributed by atoms with Crippen LogP contribution in [0.3, 0.4) is 0 Å². The summed E-state index contributed by atoms with van der Waals surface area (Å²) in [6.07, 6.45) is 1.99. The zero-order valence-corrected chi connectivity index (χ0v) is 22.8. The van der Waals surface area contributed by atoms with Crippen molar-refractivity contribution in [3.8, 4) is 5.69 Å². The molecule has 0 spiro atoms. The average molecular weight is 568 g/mol. The van der Waals surface area contributed by atoms with Crippen molar-refractivity contribution >= 4 is 35.8 Å². The van der Waals surface area contributed by atoms with E-state index in [1.54, 1.807) is 4.90 Å². The van der Waals surface area contributed by atoms with Gasteiger partial charge in [-0.05, 0) is 51.3 Å². The van der Waals surface area contributed by atoms with Crippen molar-refractivity contribution in [2.24, 2.45) is 4.99 Å². The van der Waals surface area contributed by atoms with Crippen LogP contribution in [-0.4, -0.2) is 77.8 Å². The van der Waals surface area contributed by atoms with Gasteiger partial charge in [0, 0.05) is 45.5 Å². The summed E-state index contributed by atoms with van der Waals surface area (Å²) < 4.78 is 1.99. The van der Waals surface area contributed by atoms with Crippen molar-refractivity contribution in [2.75, 3.05) is 40.3 Å². The fraction of sp³-hybridized carbons (Fsp3) is 0.542. The number of aromatic nitrogens is 2. The highest BCUT2D eigenvalue weighted by Gasteiger charge is 2.22. The van der Waals surface area contributed by atoms with Gasteiger partial charge in [-0.2, -0.15) is 5.10 Å². The summed E-state index contributed by atoms with van der Waals surface area (Å²) in [5.74, 6) is 0.992. The van der Waals surface area contributed by atoms with Crippen LogP contribution < -0.4 is 10.6 Å². The molecule has 1 aromatic heterocycles. The number of hydrogen-bond donors (Lipinski definition) is 2. The molecule has 1 aliphatic rings. The first-order chi connectivity index (χ1) is 15.4. The van der Waals surface area contributed by atoms with Crippen LogP contribution in [0.2, 0.25) is 0 Å². The third-order valence-corrected chi connectivity index (χ3v) is 5.77. The van der Waals surface area contributed by atoms with Gasteiger partial charge in [-0.15, -0.1) is 24.0 Å². The minimum Gasteiger partial charge on any atom is -0.357 e. The van der Waals surface area contributed by atoms with Crippen LogP contribution >= 0.6 is 24.0 Å². The van der Waals surface area contributed by atoms with Crippen molar-refractivity contribution < 1.29 is 4.79 Å². The fourth-order valence-electron chi connectivity index (χ4n) is 3.97. The number of guanidine groups is 1. The molecule has 1 aliphatic heterocycles. The largest absolute Gasteiger partial charge is 0.357 e. The third kappa shape index (κ3) is 7.70. The highest BCUT2D eigenvalue weighted by molar-refractivity contribution is 14.0. The van der Waals surface area contributed by atoms with Gasteiger partial charge in [0.05, 0.1) is 24.5 Å². The van der Waals surface area contributed by atoms with Gasteiger partial charge >= 0.3 is 0 Å². The molecule has 9 heteroatoms. The zero-order valence-electron chi connectivity index (χ0n) is 20.5. The Hall–Kier alpha value is -2.14. The summed E-state index contributed by atoms with van der Waals surface area (Å²) in [6, 6.07) is 10.7. The predicted octanol–water partition coefficient (Wildman–Crippen LogP) is 2.71. The Bertz CT molecular complexity index is 933. The van der Waals surface area contributed by atoms with Crippen LogP contribution in [0.1, 0.15) is 36.7 Å². The van der Waals surface area contributed by atoms with E-state index in [2.05, 4.69) is 52.7 Å². The van der Waals surface area contributed by atoms with Gasteiger partial charge in [0.1, 0.15) is 0 Å². The highest BCUT2D eigenvalue weighted by atomic mass is 127. The van der Waals surface area contributed by atoms with Gasteiger partial charge in [0.25, 0.3) is 0 Å². The molecular formula is C24H38IN7O. The maximum absolute atomic E-state index is 12.0. The molecule has 0 unspecified atom stereocenters. The number of nitrogens with zero attached hydrogens (tertiary/aromatic N) is 5. The summed E-state index contributed by atoms with van der Waals surface area (Å²) in [4.78, 5) is 20.7. The molecule has 2 heterocycles. The fourth-order valence-corrected chi connectivity index (χ4v) is 3.97. The lowest BCUT2D eigenvalue weighted by Crippen LogP contribution is -2.50. The Morgan fingerprint density at radius 3 is 2.52 bits per heavy atom. The number of aryl methyl sites for hydroxylation is 2. The van der Waals surface area contributed by atoms with E-state index < -0.39 is 0 Å². The van der Waals surface area contributed by atoms with Crippen molar-refractivity contribution in [1.29, 1.82) is 0 Å². The number of likely N-dealkylation sites (N-methyl/N-ethyl adjacent to an activating group) is 1. The molecule has 3 rings (SSSR count). The van der Waals surface area contributed by atoms with Crippen molar-refractivity contribution in [2.45, 2.75) is 46.2 Å². The number of benzene rings is 1. The lowest BCUT2D eigenvalue weighted by molar-refractivity contribution is -0.130. The van der Waals surface area contributed by atoms with Crippen molar-refractivity contribution in [3.05, 3.63) is 47.3 Å². The number of aliphatic imine (C=N–C) groups is 1.